The first-order valence-corrected chi connectivity index (χ1v) is 27.2. The fraction of sp³-hybridized carbons (Fsp3) is 0.0857. The molecule has 11 aromatic rings. The van der Waals surface area contributed by atoms with Crippen molar-refractivity contribution in [2.75, 3.05) is 0 Å². The maximum atomic E-state index is 2.57. The molecule has 0 radical (unpaired) electrons. The number of benzene rings is 9. The maximum absolute atomic E-state index is 2.57. The third-order valence-electron chi connectivity index (χ3n) is 16.7. The summed E-state index contributed by atoms with van der Waals surface area (Å²) in [6.45, 7) is 0. The molecule has 2 aromatic heterocycles. The lowest BCUT2D eigenvalue weighted by atomic mass is 9.64. The van der Waals surface area contributed by atoms with Crippen LogP contribution in [0.25, 0.3) is 83.8 Å². The predicted molar refractivity (Wildman–Crippen MR) is 311 cm³/mol. The van der Waals surface area contributed by atoms with Crippen molar-refractivity contribution in [2.45, 2.75) is 24.7 Å². The lowest BCUT2D eigenvalue weighted by Gasteiger charge is -2.39. The molecule has 0 fully saturated rings. The van der Waals surface area contributed by atoms with Gasteiger partial charge in [0, 0.05) is 54.6 Å². The first-order valence-electron chi connectivity index (χ1n) is 25.6. The average molecular weight is 951 g/mol. The first-order chi connectivity index (χ1) is 35.7. The maximum Gasteiger partial charge on any atom is 0.0540 e. The summed E-state index contributed by atoms with van der Waals surface area (Å²) >= 11 is 3.99. The molecule has 0 N–H and O–H groups in total. The van der Waals surface area contributed by atoms with Gasteiger partial charge in [-0.15, -0.1) is 22.7 Å². The molecule has 9 aromatic carbocycles. The molecule has 0 saturated heterocycles. The van der Waals surface area contributed by atoms with Gasteiger partial charge in [0.05, 0.1) is 9.40 Å². The van der Waals surface area contributed by atoms with Gasteiger partial charge in [0.25, 0.3) is 0 Å². The summed E-state index contributed by atoms with van der Waals surface area (Å²) in [5.41, 5.74) is 16.8. The second kappa shape index (κ2) is 15.8. The largest absolute Gasteiger partial charge is 0.134 e. The molecule has 72 heavy (non-hydrogen) atoms. The van der Waals surface area contributed by atoms with Gasteiger partial charge in [-0.05, 0) is 130 Å². The minimum absolute atomic E-state index is 0.227. The fourth-order valence-corrected chi connectivity index (χ4v) is 16.3. The monoisotopic (exact) mass is 950 g/mol. The normalized spacial score (nSPS) is 20.2. The molecule has 338 valence electrons. The Labute approximate surface area is 426 Å². The van der Waals surface area contributed by atoms with E-state index in [4.69, 9.17) is 0 Å². The van der Waals surface area contributed by atoms with Gasteiger partial charge in [-0.2, -0.15) is 0 Å². The van der Waals surface area contributed by atoms with E-state index in [1.807, 2.05) is 22.7 Å². The first kappa shape index (κ1) is 40.8. The topological polar surface area (TPSA) is 0 Å². The highest BCUT2D eigenvalue weighted by Crippen LogP contribution is 2.56. The Balaban J connectivity index is 0.851. The number of rotatable bonds is 4. The van der Waals surface area contributed by atoms with Gasteiger partial charge in [0.2, 0.25) is 0 Å². The molecule has 0 nitrogen and oxygen atoms in total. The van der Waals surface area contributed by atoms with Crippen molar-refractivity contribution in [3.8, 4) is 0 Å². The minimum atomic E-state index is 0.227. The summed E-state index contributed by atoms with van der Waals surface area (Å²) < 4.78 is 5.52. The molecule has 4 unspecified atom stereocenters. The van der Waals surface area contributed by atoms with E-state index >= 15 is 0 Å². The number of fused-ring (bicyclic) bond motifs is 15. The Morgan fingerprint density at radius 3 is 1.74 bits per heavy atom. The van der Waals surface area contributed by atoms with Crippen LogP contribution in [0.1, 0.15) is 58.1 Å². The van der Waals surface area contributed by atoms with Crippen molar-refractivity contribution >= 4 is 106 Å². The van der Waals surface area contributed by atoms with Crippen molar-refractivity contribution in [2.24, 2.45) is 11.8 Å². The molecule has 2 heteroatoms. The van der Waals surface area contributed by atoms with E-state index in [1.54, 1.807) is 0 Å². The zero-order valence-corrected chi connectivity index (χ0v) is 41.1. The van der Waals surface area contributed by atoms with Crippen LogP contribution in [0.2, 0.25) is 0 Å². The van der Waals surface area contributed by atoms with Gasteiger partial charge in [-0.1, -0.05) is 212 Å². The summed E-state index contributed by atoms with van der Waals surface area (Å²) in [6.07, 6.45) is 25.8. The molecule has 2 heterocycles. The van der Waals surface area contributed by atoms with Crippen molar-refractivity contribution in [3.05, 3.63) is 286 Å². The summed E-state index contributed by atoms with van der Waals surface area (Å²) in [5, 5.41) is 13.3. The quantitative estimate of drug-likeness (QED) is 0.165. The van der Waals surface area contributed by atoms with E-state index in [1.165, 1.54) is 139 Å². The highest BCUT2D eigenvalue weighted by atomic mass is 32.1. The second-order valence-electron chi connectivity index (χ2n) is 20.4. The molecule has 0 amide bonds. The van der Waals surface area contributed by atoms with Gasteiger partial charge in [0.1, 0.15) is 0 Å². The number of allylic oxidation sites excluding steroid dienone is 15. The standard InChI is InChI=1S/C70H46S2/c1-3-17-43-37-45(31-29-41(43)15-1)63-49-19-5-9-23-53(49)65(54-24-10-6-20-50(54)63)47-33-35-59-61(39-47)71-69-67(59)57-27-13-14-28-58(57)68-60-36-34-48(40-62(60)72-70(68)69)66-55-25-11-7-21-51(55)64(52-22-8-12-26-56(52)66)46-32-30-42-16-2-4-18-44(42)38-46/h1-7,9-21,23-40,49,55,63,66H,8,22H2. The molecular formula is C70H46S2. The molecule has 0 aliphatic heterocycles. The smallest absolute Gasteiger partial charge is 0.0540 e. The van der Waals surface area contributed by atoms with Gasteiger partial charge in [0.15, 0.2) is 0 Å². The van der Waals surface area contributed by atoms with Crippen LogP contribution in [0.5, 0.6) is 0 Å². The van der Waals surface area contributed by atoms with Crippen molar-refractivity contribution < 1.29 is 0 Å². The van der Waals surface area contributed by atoms with Crippen LogP contribution in [0.15, 0.2) is 253 Å². The van der Waals surface area contributed by atoms with Gasteiger partial charge < -0.3 is 0 Å². The molecular weight excluding hydrogens is 905 g/mol. The molecule has 16 rings (SSSR count). The fourth-order valence-electron chi connectivity index (χ4n) is 13.7. The van der Waals surface area contributed by atoms with E-state index < -0.39 is 0 Å². The molecule has 5 aliphatic carbocycles. The summed E-state index contributed by atoms with van der Waals surface area (Å²) in [7, 11) is 0. The van der Waals surface area contributed by atoms with Crippen molar-refractivity contribution in [1.82, 2.24) is 0 Å². The Morgan fingerprint density at radius 1 is 0.403 bits per heavy atom. The molecule has 0 bridgehead atoms. The van der Waals surface area contributed by atoms with Gasteiger partial charge in [-0.3, -0.25) is 0 Å². The van der Waals surface area contributed by atoms with Crippen LogP contribution in [-0.4, -0.2) is 0 Å². The lowest BCUT2D eigenvalue weighted by molar-refractivity contribution is 0.637. The van der Waals surface area contributed by atoms with E-state index in [2.05, 4.69) is 231 Å². The van der Waals surface area contributed by atoms with Crippen molar-refractivity contribution in [1.29, 1.82) is 0 Å². The Bertz CT molecular complexity index is 4470. The van der Waals surface area contributed by atoms with E-state index in [-0.39, 0.29) is 23.7 Å². The summed E-state index contributed by atoms with van der Waals surface area (Å²) in [5.74, 6) is 0.951. The number of hydrogen-bond acceptors (Lipinski definition) is 2. The number of hydrogen-bond donors (Lipinski definition) is 0. The van der Waals surface area contributed by atoms with Crippen molar-refractivity contribution in [3.63, 3.8) is 0 Å². The summed E-state index contributed by atoms with van der Waals surface area (Å²) in [4.78, 5) is 0. The van der Waals surface area contributed by atoms with E-state index in [9.17, 15) is 0 Å². The van der Waals surface area contributed by atoms with E-state index in [0.717, 1.165) is 12.8 Å². The average Bonchev–Trinajstić information content (AvgIpc) is 4.03. The Hall–Kier alpha value is -7.88. The third-order valence-corrected chi connectivity index (χ3v) is 19.2. The van der Waals surface area contributed by atoms with Crippen LogP contribution in [0, 0.1) is 11.8 Å². The van der Waals surface area contributed by atoms with Crippen LogP contribution in [0.4, 0.5) is 0 Å². The van der Waals surface area contributed by atoms with Gasteiger partial charge >= 0.3 is 0 Å². The molecule has 0 saturated carbocycles. The zero-order valence-electron chi connectivity index (χ0n) is 39.5. The Kier molecular flexibility index (Phi) is 8.96. The minimum Gasteiger partial charge on any atom is -0.134 e. The van der Waals surface area contributed by atoms with Crippen LogP contribution < -0.4 is 0 Å². The predicted octanol–water partition coefficient (Wildman–Crippen LogP) is 19.5. The SMILES string of the molecule is C1=CC2=C(c3ccc4ccccc4c3)C3=C(C=CCC3)C(c3ccc4c(c3)sc3c5sc6cc(C7=C8C=CC=CC8C(c8ccc9ccccc9c8)c8ccccc87)ccc6c5c5ccccc5c43)C2C=C1. The summed E-state index contributed by atoms with van der Waals surface area (Å²) in [6, 6.07) is 65.0. The van der Waals surface area contributed by atoms with Crippen LogP contribution in [0.3, 0.4) is 0 Å². The Morgan fingerprint density at radius 2 is 0.972 bits per heavy atom. The highest BCUT2D eigenvalue weighted by molar-refractivity contribution is 7.33. The molecule has 4 atom stereocenters. The molecule has 0 spiro atoms. The number of thiophene rings is 2. The van der Waals surface area contributed by atoms with Gasteiger partial charge in [-0.25, -0.2) is 0 Å². The second-order valence-corrected chi connectivity index (χ2v) is 22.5. The van der Waals surface area contributed by atoms with Crippen LogP contribution >= 0.6 is 22.7 Å². The van der Waals surface area contributed by atoms with E-state index in [0.29, 0.717) is 0 Å². The molecule has 5 aliphatic rings. The zero-order chi connectivity index (χ0) is 47.0. The highest BCUT2D eigenvalue weighted by Gasteiger charge is 2.38. The third kappa shape index (κ3) is 5.97. The lowest BCUT2D eigenvalue weighted by Crippen LogP contribution is -2.24. The van der Waals surface area contributed by atoms with Crippen LogP contribution in [-0.2, 0) is 0 Å².